The molecule has 1 fully saturated rings. The second-order valence-corrected chi connectivity index (χ2v) is 7.84. The third-order valence-electron chi connectivity index (χ3n) is 4.95. The molecule has 7 nitrogen and oxygen atoms in total. The van der Waals surface area contributed by atoms with Crippen molar-refractivity contribution in [2.24, 2.45) is 0 Å². The molecule has 2 N–H and O–H groups in total. The first-order valence-corrected chi connectivity index (χ1v) is 10.3. The van der Waals surface area contributed by atoms with Crippen molar-refractivity contribution in [1.82, 2.24) is 9.97 Å². The summed E-state index contributed by atoms with van der Waals surface area (Å²) in [5.41, 5.74) is 1.77. The van der Waals surface area contributed by atoms with Crippen molar-refractivity contribution in [1.29, 1.82) is 0 Å². The summed E-state index contributed by atoms with van der Waals surface area (Å²) < 4.78 is 40.8. The summed E-state index contributed by atoms with van der Waals surface area (Å²) in [6.07, 6.45) is -0.178. The molecule has 1 unspecified atom stereocenters. The number of rotatable bonds is 5. The van der Waals surface area contributed by atoms with Crippen molar-refractivity contribution in [3.63, 3.8) is 0 Å². The van der Waals surface area contributed by atoms with E-state index in [-0.39, 0.29) is 11.3 Å². The fraction of sp³-hybridized carbons (Fsp3) is 0.227. The first-order valence-electron chi connectivity index (χ1n) is 9.89. The minimum atomic E-state index is -4.80. The largest absolute Gasteiger partial charge is 0.573 e. The Morgan fingerprint density at radius 2 is 1.94 bits per heavy atom. The van der Waals surface area contributed by atoms with Gasteiger partial charge in [0.05, 0.1) is 16.7 Å². The molecule has 1 aliphatic rings. The van der Waals surface area contributed by atoms with Crippen LogP contribution in [-0.4, -0.2) is 46.5 Å². The number of carbonyl (C=O) groups excluding carboxylic acids is 1. The quantitative estimate of drug-likeness (QED) is 0.560. The van der Waals surface area contributed by atoms with E-state index in [0.29, 0.717) is 41.5 Å². The van der Waals surface area contributed by atoms with Gasteiger partial charge in [0.1, 0.15) is 11.6 Å². The Morgan fingerprint density at radius 3 is 2.58 bits per heavy atom. The van der Waals surface area contributed by atoms with E-state index >= 15 is 0 Å². The molecule has 4 rings (SSSR count). The van der Waals surface area contributed by atoms with Crippen molar-refractivity contribution in [3.8, 4) is 16.9 Å². The lowest BCUT2D eigenvalue weighted by molar-refractivity contribution is -0.274. The Hall–Kier alpha value is -3.37. The Bertz CT molecular complexity index is 1160. The van der Waals surface area contributed by atoms with Crippen LogP contribution in [0.4, 0.5) is 24.7 Å². The van der Waals surface area contributed by atoms with Crippen LogP contribution in [0.2, 0.25) is 5.02 Å². The van der Waals surface area contributed by atoms with Crippen molar-refractivity contribution >= 4 is 29.0 Å². The van der Waals surface area contributed by atoms with E-state index in [1.165, 1.54) is 24.5 Å². The van der Waals surface area contributed by atoms with Crippen LogP contribution in [0.5, 0.6) is 5.75 Å². The molecule has 33 heavy (non-hydrogen) atoms. The van der Waals surface area contributed by atoms with Gasteiger partial charge in [0, 0.05) is 48.5 Å². The molecule has 1 amide bonds. The predicted octanol–water partition coefficient (Wildman–Crippen LogP) is 4.52. The summed E-state index contributed by atoms with van der Waals surface area (Å²) in [6.45, 7) is 1.01. The number of hydrogen-bond acceptors (Lipinski definition) is 6. The zero-order chi connectivity index (χ0) is 23.6. The number of pyridine rings is 2. The molecule has 1 atom stereocenters. The highest BCUT2D eigenvalue weighted by atomic mass is 35.5. The van der Waals surface area contributed by atoms with Crippen LogP contribution in [0, 0.1) is 0 Å². The number of nitrogens with zero attached hydrogens (tertiary/aromatic N) is 3. The summed E-state index contributed by atoms with van der Waals surface area (Å²) in [5, 5.41) is 13.0. The van der Waals surface area contributed by atoms with Gasteiger partial charge in [-0.15, -0.1) is 13.2 Å². The number of amides is 1. The summed E-state index contributed by atoms with van der Waals surface area (Å²) >= 11 is 6.10. The van der Waals surface area contributed by atoms with Gasteiger partial charge in [0.25, 0.3) is 5.91 Å². The molecule has 3 heterocycles. The van der Waals surface area contributed by atoms with Crippen LogP contribution in [0.1, 0.15) is 16.8 Å². The second-order valence-electron chi connectivity index (χ2n) is 7.40. The smallest absolute Gasteiger partial charge is 0.406 e. The van der Waals surface area contributed by atoms with E-state index in [4.69, 9.17) is 11.6 Å². The van der Waals surface area contributed by atoms with Crippen LogP contribution in [0.3, 0.4) is 0 Å². The molecule has 0 saturated carbocycles. The lowest BCUT2D eigenvalue weighted by atomic mass is 10.1. The van der Waals surface area contributed by atoms with Crippen LogP contribution >= 0.6 is 11.6 Å². The number of nitrogens with one attached hydrogen (secondary N) is 1. The molecule has 11 heteroatoms. The zero-order valence-electron chi connectivity index (χ0n) is 17.0. The van der Waals surface area contributed by atoms with E-state index in [0.717, 1.165) is 12.1 Å². The number of aliphatic hydroxyl groups is 1. The summed E-state index contributed by atoms with van der Waals surface area (Å²) in [7, 11) is 0. The first kappa shape index (κ1) is 22.8. The highest BCUT2D eigenvalue weighted by molar-refractivity contribution is 6.30. The van der Waals surface area contributed by atoms with Crippen molar-refractivity contribution < 1.29 is 27.8 Å². The van der Waals surface area contributed by atoms with Crippen molar-refractivity contribution in [2.45, 2.75) is 18.9 Å². The number of halogens is 4. The van der Waals surface area contributed by atoms with E-state index in [1.54, 1.807) is 18.3 Å². The number of alkyl halides is 3. The number of ether oxygens (including phenoxy) is 1. The minimum absolute atomic E-state index is 0.226. The van der Waals surface area contributed by atoms with Crippen LogP contribution in [0.15, 0.2) is 55.0 Å². The molecule has 0 spiro atoms. The van der Waals surface area contributed by atoms with Crippen molar-refractivity contribution in [3.05, 3.63) is 65.6 Å². The molecule has 1 aliphatic heterocycles. The number of aromatic nitrogens is 2. The number of benzene rings is 1. The number of hydrogen-bond donors (Lipinski definition) is 2. The van der Waals surface area contributed by atoms with Crippen LogP contribution in [-0.2, 0) is 0 Å². The molecule has 172 valence electrons. The molecule has 0 radical (unpaired) electrons. The SMILES string of the molecule is O=C(Nc1ccc(OC(F)(F)F)cc1)c1cnc(N2CCC(O)C2)c(-c2cncc(Cl)c2)c1. The van der Waals surface area contributed by atoms with Gasteiger partial charge >= 0.3 is 6.36 Å². The third kappa shape index (κ3) is 5.71. The van der Waals surface area contributed by atoms with Gasteiger partial charge < -0.3 is 20.1 Å². The van der Waals surface area contributed by atoms with E-state index < -0.39 is 24.1 Å². The summed E-state index contributed by atoms with van der Waals surface area (Å²) in [4.78, 5) is 23.3. The highest BCUT2D eigenvalue weighted by Crippen LogP contribution is 2.33. The topological polar surface area (TPSA) is 87.6 Å². The Labute approximate surface area is 191 Å². The van der Waals surface area contributed by atoms with Gasteiger partial charge in [0.15, 0.2) is 0 Å². The maximum atomic E-state index is 12.8. The van der Waals surface area contributed by atoms with Crippen LogP contribution in [0.25, 0.3) is 11.1 Å². The normalized spacial score (nSPS) is 16.0. The number of aliphatic hydroxyl groups excluding tert-OH is 1. The first-order chi connectivity index (χ1) is 15.7. The van der Waals surface area contributed by atoms with Crippen molar-refractivity contribution in [2.75, 3.05) is 23.3 Å². The maximum Gasteiger partial charge on any atom is 0.573 e. The molecular formula is C22H18ClF3N4O3. The second kappa shape index (κ2) is 9.24. The average molecular weight is 479 g/mol. The number of β-amino-alcohol motifs (C(OH)–C–C–N with tert-alkyl or cyclic N) is 1. The zero-order valence-corrected chi connectivity index (χ0v) is 17.8. The minimum Gasteiger partial charge on any atom is -0.406 e. The maximum absolute atomic E-state index is 12.8. The fourth-order valence-corrected chi connectivity index (χ4v) is 3.66. The summed E-state index contributed by atoms with van der Waals surface area (Å²) in [6, 6.07) is 8.14. The van der Waals surface area contributed by atoms with Gasteiger partial charge in [-0.25, -0.2) is 4.98 Å². The van der Waals surface area contributed by atoms with Gasteiger partial charge in [-0.2, -0.15) is 0 Å². The van der Waals surface area contributed by atoms with Gasteiger partial charge in [-0.3, -0.25) is 9.78 Å². The molecule has 3 aromatic rings. The van der Waals surface area contributed by atoms with Crippen LogP contribution < -0.4 is 15.0 Å². The summed E-state index contributed by atoms with van der Waals surface area (Å²) in [5.74, 6) is -0.313. The lowest BCUT2D eigenvalue weighted by Gasteiger charge is -2.21. The molecule has 0 bridgehead atoms. The third-order valence-corrected chi connectivity index (χ3v) is 5.16. The van der Waals surface area contributed by atoms with E-state index in [1.807, 2.05) is 4.90 Å². The molecule has 1 aromatic carbocycles. The van der Waals surface area contributed by atoms with E-state index in [9.17, 15) is 23.1 Å². The van der Waals surface area contributed by atoms with Gasteiger partial charge in [-0.1, -0.05) is 11.6 Å². The number of carbonyl (C=O) groups is 1. The Balaban J connectivity index is 1.60. The van der Waals surface area contributed by atoms with Gasteiger partial charge in [-0.05, 0) is 42.8 Å². The fourth-order valence-electron chi connectivity index (χ4n) is 3.48. The highest BCUT2D eigenvalue weighted by Gasteiger charge is 2.31. The number of anilines is 2. The lowest BCUT2D eigenvalue weighted by Crippen LogP contribution is -2.23. The van der Waals surface area contributed by atoms with Gasteiger partial charge in [0.2, 0.25) is 0 Å². The standard InChI is InChI=1S/C22H18ClF3N4O3/c23-15-7-13(9-27-11-15)19-8-14(10-28-20(19)30-6-5-17(31)12-30)21(32)29-16-1-3-18(4-2-16)33-22(24,25)26/h1-4,7-11,17,31H,5-6,12H2,(H,29,32). The Kier molecular flexibility index (Phi) is 6.39. The molecule has 0 aliphatic carbocycles. The Morgan fingerprint density at radius 1 is 1.18 bits per heavy atom. The molecular weight excluding hydrogens is 461 g/mol. The molecule has 1 saturated heterocycles. The molecule has 2 aromatic heterocycles. The predicted molar refractivity (Wildman–Crippen MR) is 116 cm³/mol. The average Bonchev–Trinajstić information content (AvgIpc) is 3.20. The monoisotopic (exact) mass is 478 g/mol. The van der Waals surface area contributed by atoms with E-state index in [2.05, 4.69) is 20.0 Å².